The number of rotatable bonds is 10. The fourth-order valence-electron chi connectivity index (χ4n) is 4.73. The van der Waals surface area contributed by atoms with Crippen LogP contribution in [0.25, 0.3) is 4.96 Å². The van der Waals surface area contributed by atoms with Crippen molar-refractivity contribution in [3.63, 3.8) is 0 Å². The van der Waals surface area contributed by atoms with Crippen molar-refractivity contribution in [1.29, 1.82) is 0 Å². The Balaban J connectivity index is 1.42. The van der Waals surface area contributed by atoms with Gasteiger partial charge in [-0.15, -0.1) is 18.3 Å². The zero-order valence-corrected chi connectivity index (χ0v) is 26.3. The van der Waals surface area contributed by atoms with Crippen molar-refractivity contribution in [2.45, 2.75) is 50.2 Å². The summed E-state index contributed by atoms with van der Waals surface area (Å²) >= 11 is 1.09. The van der Waals surface area contributed by atoms with E-state index in [2.05, 4.69) is 24.9 Å². The number of amides is 1. The number of alkyl halides is 5. The van der Waals surface area contributed by atoms with Gasteiger partial charge in [-0.25, -0.2) is 13.4 Å². The maximum absolute atomic E-state index is 13.7. The molecule has 4 aromatic rings. The summed E-state index contributed by atoms with van der Waals surface area (Å²) in [6.07, 6.45) is -4.98. The van der Waals surface area contributed by atoms with Crippen molar-refractivity contribution in [3.05, 3.63) is 76.2 Å². The molecule has 1 N–H and O–H groups in total. The quantitative estimate of drug-likeness (QED) is 0.244. The van der Waals surface area contributed by atoms with Crippen molar-refractivity contribution in [3.8, 4) is 11.5 Å². The second-order valence-corrected chi connectivity index (χ2v) is 13.4. The fraction of sp³-hybridized carbons (Fsp3) is 0.357. The van der Waals surface area contributed by atoms with Gasteiger partial charge in [0.25, 0.3) is 5.56 Å². The number of carbonyl (C=O) groups excluding carboxylic acids is 1. The molecular formula is C28H27F5N6O6S2. The first-order chi connectivity index (χ1) is 22.1. The molecule has 0 saturated carbocycles. The minimum Gasteiger partial charge on any atom is -0.435 e. The molecule has 1 atom stereocenters. The van der Waals surface area contributed by atoms with E-state index in [9.17, 15) is 40.0 Å². The van der Waals surface area contributed by atoms with Crippen molar-refractivity contribution < 1.29 is 44.6 Å². The Hall–Kier alpha value is -4.36. The highest BCUT2D eigenvalue weighted by molar-refractivity contribution is 7.89. The van der Waals surface area contributed by atoms with E-state index in [4.69, 9.17) is 0 Å². The van der Waals surface area contributed by atoms with E-state index >= 15 is 0 Å². The number of carbonyl (C=O) groups is 1. The lowest BCUT2D eigenvalue weighted by Crippen LogP contribution is -2.60. The third kappa shape index (κ3) is 7.96. The average Bonchev–Trinajstić information content (AvgIpc) is 3.44. The Morgan fingerprint density at radius 3 is 2.34 bits per heavy atom. The smallest absolute Gasteiger partial charge is 0.435 e. The summed E-state index contributed by atoms with van der Waals surface area (Å²) in [5.74, 6) is -1.46. The molecule has 0 bridgehead atoms. The van der Waals surface area contributed by atoms with E-state index in [0.717, 1.165) is 44.4 Å². The van der Waals surface area contributed by atoms with Crippen LogP contribution in [0.5, 0.6) is 11.5 Å². The summed E-state index contributed by atoms with van der Waals surface area (Å²) in [7, 11) is -4.43. The SMILES string of the molecule is CC(C)c1cc(=O)n2nc(N3CCN(S(=O)(=O)c4ccc(OC(F)(F)F)cc4)[C@@H](C(=O)NCc4ccc(OC(F)F)cc4)C3)sc2n1. The number of hydrogen-bond acceptors (Lipinski definition) is 10. The number of nitrogens with zero attached hydrogens (tertiary/aromatic N) is 5. The molecule has 47 heavy (non-hydrogen) atoms. The molecule has 0 aliphatic carbocycles. The molecule has 0 radical (unpaired) electrons. The van der Waals surface area contributed by atoms with E-state index in [0.29, 0.717) is 21.3 Å². The summed E-state index contributed by atoms with van der Waals surface area (Å²) in [6, 6.07) is 9.07. The van der Waals surface area contributed by atoms with E-state index < -0.39 is 46.3 Å². The van der Waals surface area contributed by atoms with Crippen LogP contribution in [-0.2, 0) is 21.4 Å². The van der Waals surface area contributed by atoms with Gasteiger partial charge in [-0.3, -0.25) is 9.59 Å². The largest absolute Gasteiger partial charge is 0.573 e. The van der Waals surface area contributed by atoms with Crippen LogP contribution in [0, 0.1) is 0 Å². The van der Waals surface area contributed by atoms with Gasteiger partial charge in [0.2, 0.25) is 26.0 Å². The third-order valence-corrected chi connectivity index (χ3v) is 9.92. The van der Waals surface area contributed by atoms with Crippen molar-refractivity contribution in [2.75, 3.05) is 24.5 Å². The molecule has 0 spiro atoms. The van der Waals surface area contributed by atoms with Gasteiger partial charge in [-0.1, -0.05) is 37.3 Å². The number of ether oxygens (including phenoxy) is 2. The predicted octanol–water partition coefficient (Wildman–Crippen LogP) is 3.97. The standard InChI is InChI=1S/C28H27F5N6O6S2/c1-16(2)21-13-23(40)39-26(35-21)46-27(36-39)37-11-12-38(47(42,43)20-9-7-19(8-10-20)45-28(31,32)33)22(15-37)24(41)34-14-17-3-5-18(6-4-17)44-25(29)30/h3-10,13,16,22,25H,11-12,14-15H2,1-2H3,(H,34,41)/t22-/m1/s1. The van der Waals surface area contributed by atoms with Crippen LogP contribution in [0.2, 0.25) is 0 Å². The molecule has 3 heterocycles. The first-order valence-electron chi connectivity index (χ1n) is 14.0. The van der Waals surface area contributed by atoms with Gasteiger partial charge in [-0.2, -0.15) is 17.6 Å². The van der Waals surface area contributed by atoms with Crippen LogP contribution < -0.4 is 25.2 Å². The van der Waals surface area contributed by atoms with Crippen LogP contribution in [0.15, 0.2) is 64.3 Å². The Labute approximate surface area is 268 Å². The molecule has 19 heteroatoms. The van der Waals surface area contributed by atoms with Crippen LogP contribution >= 0.6 is 11.3 Å². The summed E-state index contributed by atoms with van der Waals surface area (Å²) in [6.45, 7) is 0.272. The lowest BCUT2D eigenvalue weighted by atomic mass is 10.1. The van der Waals surface area contributed by atoms with Crippen molar-refractivity contribution >= 4 is 37.4 Å². The number of fused-ring (bicyclic) bond motifs is 1. The number of anilines is 1. The fourth-order valence-corrected chi connectivity index (χ4v) is 7.25. The van der Waals surface area contributed by atoms with Crippen LogP contribution in [0.4, 0.5) is 27.1 Å². The lowest BCUT2D eigenvalue weighted by Gasteiger charge is -2.39. The predicted molar refractivity (Wildman–Crippen MR) is 159 cm³/mol. The summed E-state index contributed by atoms with van der Waals surface area (Å²) < 4.78 is 101. The highest BCUT2D eigenvalue weighted by Crippen LogP contribution is 2.30. The minimum absolute atomic E-state index is 0.0257. The maximum Gasteiger partial charge on any atom is 0.573 e. The molecule has 0 unspecified atom stereocenters. The van der Waals surface area contributed by atoms with Crippen LogP contribution in [0.3, 0.4) is 0 Å². The van der Waals surface area contributed by atoms with Crippen LogP contribution in [-0.4, -0.2) is 71.9 Å². The Kier molecular flexibility index (Phi) is 9.69. The van der Waals surface area contributed by atoms with Gasteiger partial charge in [0.15, 0.2) is 0 Å². The van der Waals surface area contributed by atoms with E-state index in [-0.39, 0.29) is 42.7 Å². The zero-order chi connectivity index (χ0) is 34.1. The van der Waals surface area contributed by atoms with Crippen LogP contribution in [0.1, 0.15) is 31.0 Å². The molecule has 2 aromatic carbocycles. The minimum atomic E-state index is -4.98. The number of aromatic nitrogens is 3. The zero-order valence-electron chi connectivity index (χ0n) is 24.6. The summed E-state index contributed by atoms with van der Waals surface area (Å²) in [5, 5.41) is 7.32. The summed E-state index contributed by atoms with van der Waals surface area (Å²) in [4.78, 5) is 32.4. The molecule has 1 aliphatic rings. The van der Waals surface area contributed by atoms with Gasteiger partial charge in [0.1, 0.15) is 17.5 Å². The third-order valence-electron chi connectivity index (χ3n) is 7.03. The molecular weight excluding hydrogens is 675 g/mol. The first-order valence-corrected chi connectivity index (χ1v) is 16.2. The number of nitrogens with one attached hydrogen (secondary N) is 1. The molecule has 5 rings (SSSR count). The molecule has 1 saturated heterocycles. The van der Waals surface area contributed by atoms with Gasteiger partial charge in [0.05, 0.1) is 10.6 Å². The monoisotopic (exact) mass is 702 g/mol. The Morgan fingerprint density at radius 1 is 1.06 bits per heavy atom. The number of sulfonamides is 1. The average molecular weight is 703 g/mol. The Bertz CT molecular complexity index is 1900. The topological polar surface area (TPSA) is 135 Å². The van der Waals surface area contributed by atoms with Crippen molar-refractivity contribution in [1.82, 2.24) is 24.2 Å². The van der Waals surface area contributed by atoms with Gasteiger partial charge >= 0.3 is 13.0 Å². The molecule has 12 nitrogen and oxygen atoms in total. The maximum atomic E-state index is 13.7. The molecule has 1 aliphatic heterocycles. The number of benzene rings is 2. The second-order valence-electron chi connectivity index (χ2n) is 10.6. The summed E-state index contributed by atoms with van der Waals surface area (Å²) in [5.41, 5.74) is 0.665. The molecule has 252 valence electrons. The van der Waals surface area contributed by atoms with E-state index in [1.54, 1.807) is 4.90 Å². The normalized spacial score (nSPS) is 16.2. The number of piperazine rings is 1. The van der Waals surface area contributed by atoms with Gasteiger partial charge < -0.3 is 19.7 Å². The number of hydrogen-bond donors (Lipinski definition) is 1. The van der Waals surface area contributed by atoms with E-state index in [1.807, 2.05) is 13.8 Å². The van der Waals surface area contributed by atoms with Gasteiger partial charge in [-0.05, 0) is 47.9 Å². The molecule has 1 amide bonds. The second kappa shape index (κ2) is 13.4. The first kappa shape index (κ1) is 34.0. The highest BCUT2D eigenvalue weighted by atomic mass is 32.2. The highest BCUT2D eigenvalue weighted by Gasteiger charge is 2.41. The van der Waals surface area contributed by atoms with Crippen molar-refractivity contribution in [2.24, 2.45) is 0 Å². The Morgan fingerprint density at radius 2 is 1.72 bits per heavy atom. The lowest BCUT2D eigenvalue weighted by molar-refractivity contribution is -0.274. The number of halogens is 5. The van der Waals surface area contributed by atoms with Gasteiger partial charge in [0, 0.05) is 32.2 Å². The molecule has 2 aromatic heterocycles. The molecule has 1 fully saturated rings. The van der Waals surface area contributed by atoms with E-state index in [1.165, 1.54) is 30.3 Å².